The molecule has 1 unspecified atom stereocenters. The van der Waals surface area contributed by atoms with Crippen molar-refractivity contribution in [2.45, 2.75) is 24.9 Å². The molecular formula is C11H12N6O4. The number of hydrogen-bond acceptors (Lipinski definition) is 7. The Labute approximate surface area is 116 Å². The Hall–Kier alpha value is -2.30. The van der Waals surface area contributed by atoms with Gasteiger partial charge in [0.05, 0.1) is 18.1 Å². The predicted octanol–water partition coefficient (Wildman–Crippen LogP) is -1.59. The molecule has 1 fully saturated rings. The second kappa shape index (κ2) is 4.35. The van der Waals surface area contributed by atoms with E-state index in [1.54, 1.807) is 16.8 Å². The zero-order chi connectivity index (χ0) is 14.6. The van der Waals surface area contributed by atoms with Gasteiger partial charge in [-0.1, -0.05) is 5.10 Å². The van der Waals surface area contributed by atoms with Crippen molar-refractivity contribution in [1.29, 1.82) is 0 Å². The highest BCUT2D eigenvalue weighted by Crippen LogP contribution is 2.30. The average Bonchev–Trinajstić information content (AvgIpc) is 3.16. The van der Waals surface area contributed by atoms with Crippen LogP contribution in [0.5, 0.6) is 0 Å². The first-order valence-corrected chi connectivity index (χ1v) is 6.44. The lowest BCUT2D eigenvalue weighted by Crippen LogP contribution is -2.24. The fourth-order valence-corrected chi connectivity index (χ4v) is 2.63. The number of H-pyrrole nitrogens is 1. The number of tetrazole rings is 1. The van der Waals surface area contributed by atoms with Crippen LogP contribution in [-0.4, -0.2) is 58.6 Å². The number of hydrogen-bond donors (Lipinski definition) is 3. The van der Waals surface area contributed by atoms with Gasteiger partial charge in [0, 0.05) is 12.6 Å². The highest BCUT2D eigenvalue weighted by molar-refractivity contribution is 5.76. The van der Waals surface area contributed by atoms with Gasteiger partial charge < -0.3 is 19.5 Å². The van der Waals surface area contributed by atoms with Gasteiger partial charge in [-0.25, -0.2) is 0 Å². The van der Waals surface area contributed by atoms with Crippen molar-refractivity contribution in [3.05, 3.63) is 22.6 Å². The molecule has 0 radical (unpaired) electrons. The van der Waals surface area contributed by atoms with E-state index < -0.39 is 18.4 Å². The first kappa shape index (κ1) is 12.4. The van der Waals surface area contributed by atoms with Crippen LogP contribution in [0.3, 0.4) is 0 Å². The average molecular weight is 292 g/mol. The Kier molecular flexibility index (Phi) is 2.58. The zero-order valence-electron chi connectivity index (χ0n) is 10.7. The molecule has 0 spiro atoms. The Morgan fingerprint density at radius 2 is 2.38 bits per heavy atom. The third-order valence-corrected chi connectivity index (χ3v) is 3.71. The molecule has 0 saturated carbocycles. The molecule has 3 atom stereocenters. The van der Waals surface area contributed by atoms with Crippen LogP contribution in [-0.2, 0) is 4.74 Å². The molecule has 110 valence electrons. The van der Waals surface area contributed by atoms with Crippen molar-refractivity contribution in [2.24, 2.45) is 0 Å². The summed E-state index contributed by atoms with van der Waals surface area (Å²) in [6.07, 6.45) is 0.104. The molecule has 3 aromatic rings. The molecule has 10 nitrogen and oxygen atoms in total. The van der Waals surface area contributed by atoms with Crippen LogP contribution < -0.4 is 5.56 Å². The molecule has 4 rings (SSSR count). The van der Waals surface area contributed by atoms with Crippen molar-refractivity contribution in [2.75, 3.05) is 6.61 Å². The Morgan fingerprint density at radius 1 is 1.52 bits per heavy atom. The lowest BCUT2D eigenvalue weighted by atomic mass is 10.2. The minimum Gasteiger partial charge on any atom is -0.394 e. The maximum atomic E-state index is 12.2. The summed E-state index contributed by atoms with van der Waals surface area (Å²) < 4.78 is 8.38. The molecule has 3 aromatic heterocycles. The number of aliphatic hydroxyl groups is 2. The van der Waals surface area contributed by atoms with Crippen LogP contribution in [0.1, 0.15) is 12.6 Å². The van der Waals surface area contributed by atoms with Gasteiger partial charge in [-0.2, -0.15) is 14.7 Å². The van der Waals surface area contributed by atoms with Gasteiger partial charge in [0.25, 0.3) is 11.3 Å². The Bertz CT molecular complexity index is 866. The summed E-state index contributed by atoms with van der Waals surface area (Å²) in [7, 11) is 0. The molecule has 21 heavy (non-hydrogen) atoms. The van der Waals surface area contributed by atoms with E-state index in [2.05, 4.69) is 20.5 Å². The van der Waals surface area contributed by atoms with Crippen molar-refractivity contribution >= 4 is 16.8 Å². The number of nitrogens with zero attached hydrogens (tertiary/aromatic N) is 5. The van der Waals surface area contributed by atoms with Gasteiger partial charge in [-0.15, -0.1) is 0 Å². The molecule has 3 N–H and O–H groups in total. The summed E-state index contributed by atoms with van der Waals surface area (Å²) in [5, 5.41) is 29.1. The number of aromatic amines is 1. The fraction of sp³-hybridized carbons (Fsp3) is 0.455. The number of ether oxygens (including phenoxy) is 1. The van der Waals surface area contributed by atoms with Crippen LogP contribution in [0.2, 0.25) is 0 Å². The molecule has 10 heteroatoms. The summed E-state index contributed by atoms with van der Waals surface area (Å²) in [4.78, 5) is 16.5. The largest absolute Gasteiger partial charge is 0.394 e. The van der Waals surface area contributed by atoms with E-state index in [-0.39, 0.29) is 17.9 Å². The number of fused-ring (bicyclic) bond motifs is 2. The van der Waals surface area contributed by atoms with Crippen LogP contribution in [0.25, 0.3) is 16.8 Å². The molecule has 0 aromatic carbocycles. The zero-order valence-corrected chi connectivity index (χ0v) is 10.7. The summed E-state index contributed by atoms with van der Waals surface area (Å²) >= 11 is 0. The van der Waals surface area contributed by atoms with E-state index >= 15 is 0 Å². The highest BCUT2D eigenvalue weighted by Gasteiger charge is 2.35. The normalized spacial score (nSPS) is 26.1. The first-order chi connectivity index (χ1) is 10.2. The molecular weight excluding hydrogens is 280 g/mol. The third-order valence-electron chi connectivity index (χ3n) is 3.71. The number of aromatic nitrogens is 6. The maximum Gasteiger partial charge on any atom is 0.284 e. The van der Waals surface area contributed by atoms with Crippen molar-refractivity contribution in [1.82, 2.24) is 29.6 Å². The molecule has 1 aliphatic heterocycles. The number of rotatable bonds is 2. The maximum absolute atomic E-state index is 12.2. The lowest BCUT2D eigenvalue weighted by Gasteiger charge is -2.14. The third kappa shape index (κ3) is 1.70. The van der Waals surface area contributed by atoms with E-state index in [1.165, 1.54) is 0 Å². The van der Waals surface area contributed by atoms with E-state index in [0.717, 1.165) is 4.52 Å². The van der Waals surface area contributed by atoms with Crippen LogP contribution >= 0.6 is 0 Å². The minimum absolute atomic E-state index is 0.157. The Balaban J connectivity index is 1.87. The quantitative estimate of drug-likeness (QED) is 0.519. The van der Waals surface area contributed by atoms with Gasteiger partial charge in [0.1, 0.15) is 12.3 Å². The van der Waals surface area contributed by atoms with Gasteiger partial charge in [0.2, 0.25) is 0 Å². The molecule has 0 bridgehead atoms. The summed E-state index contributed by atoms with van der Waals surface area (Å²) in [5.41, 5.74) is 0.0979. The SMILES string of the molecule is O=c1c2ccn([C@H]3CC(O)[C@@H](CO)O3)c2nc2nn[nH]n12. The predicted molar refractivity (Wildman–Crippen MR) is 68.5 cm³/mol. The summed E-state index contributed by atoms with van der Waals surface area (Å²) in [5.74, 6) is 0.157. The second-order valence-electron chi connectivity index (χ2n) is 4.93. The molecule has 4 heterocycles. The van der Waals surface area contributed by atoms with Crippen LogP contribution in [0.4, 0.5) is 0 Å². The molecule has 1 aliphatic rings. The molecule has 0 aliphatic carbocycles. The molecule has 1 saturated heterocycles. The van der Waals surface area contributed by atoms with Crippen molar-refractivity contribution in [3.63, 3.8) is 0 Å². The first-order valence-electron chi connectivity index (χ1n) is 6.44. The smallest absolute Gasteiger partial charge is 0.284 e. The lowest BCUT2D eigenvalue weighted by molar-refractivity contribution is -0.0430. The van der Waals surface area contributed by atoms with Gasteiger partial charge in [-0.3, -0.25) is 4.79 Å². The standard InChI is InChI=1S/C11H12N6O4/c18-4-7-6(19)3-8(21-7)16-2-1-5-9(16)12-11-13-14-15-17(11)10(5)20/h1-2,6-8,18-19H,3-4H2,(H,12,13,15)/t6?,7-,8-/m1/s1. The number of nitrogens with one attached hydrogen (secondary N) is 1. The monoisotopic (exact) mass is 292 g/mol. The topological polar surface area (TPSA) is 131 Å². The van der Waals surface area contributed by atoms with E-state index in [1.807, 2.05) is 0 Å². The number of aliphatic hydroxyl groups excluding tert-OH is 2. The van der Waals surface area contributed by atoms with E-state index in [4.69, 9.17) is 9.84 Å². The minimum atomic E-state index is -0.755. The fourth-order valence-electron chi connectivity index (χ4n) is 2.63. The van der Waals surface area contributed by atoms with Crippen molar-refractivity contribution < 1.29 is 14.9 Å². The van der Waals surface area contributed by atoms with E-state index in [9.17, 15) is 9.90 Å². The molecule has 0 amide bonds. The van der Waals surface area contributed by atoms with Crippen LogP contribution in [0, 0.1) is 0 Å². The van der Waals surface area contributed by atoms with Gasteiger partial charge in [0.15, 0.2) is 5.65 Å². The highest BCUT2D eigenvalue weighted by atomic mass is 16.5. The van der Waals surface area contributed by atoms with Gasteiger partial charge >= 0.3 is 0 Å². The Morgan fingerprint density at radius 3 is 3.14 bits per heavy atom. The summed E-state index contributed by atoms with van der Waals surface area (Å²) in [6.45, 7) is -0.263. The van der Waals surface area contributed by atoms with E-state index in [0.29, 0.717) is 17.5 Å². The van der Waals surface area contributed by atoms with Crippen LogP contribution in [0.15, 0.2) is 17.1 Å². The van der Waals surface area contributed by atoms with Crippen molar-refractivity contribution in [3.8, 4) is 0 Å². The summed E-state index contributed by atoms with van der Waals surface area (Å²) in [6, 6.07) is 1.62. The second-order valence-corrected chi connectivity index (χ2v) is 4.93. The van der Waals surface area contributed by atoms with Gasteiger partial charge in [-0.05, 0) is 11.3 Å².